The fraction of sp³-hybridized carbons (Fsp3) is 0.375. The van der Waals surface area contributed by atoms with Crippen molar-refractivity contribution in [2.75, 3.05) is 26.4 Å². The molecular formula is C24H24N4O4S. The Hall–Kier alpha value is -3.17. The Balaban J connectivity index is 1.24. The number of imide groups is 1. The third-order valence-corrected chi connectivity index (χ3v) is 7.81. The van der Waals surface area contributed by atoms with E-state index in [0.29, 0.717) is 30.3 Å². The van der Waals surface area contributed by atoms with Crippen LogP contribution in [0.3, 0.4) is 0 Å². The molecule has 0 aliphatic carbocycles. The molecule has 3 aliphatic heterocycles. The largest absolute Gasteiger partial charge is 0.486 e. The zero-order valence-electron chi connectivity index (χ0n) is 18.2. The number of aromatic nitrogens is 1. The lowest BCUT2D eigenvalue weighted by Gasteiger charge is -2.28. The number of amides is 3. The SMILES string of the molecule is C[C@@]1(c2ccc3c(c2)OCCO3)NC(=O)N(CN2CCC[C@@H]2c2nc3ccccc3s2)C1=O. The molecular weight excluding hydrogens is 440 g/mol. The highest BCUT2D eigenvalue weighted by Crippen LogP contribution is 2.39. The lowest BCUT2D eigenvalue weighted by Crippen LogP contribution is -2.43. The number of thiazole rings is 1. The number of hydrogen-bond donors (Lipinski definition) is 1. The van der Waals surface area contributed by atoms with Gasteiger partial charge in [-0.05, 0) is 49.6 Å². The monoisotopic (exact) mass is 464 g/mol. The summed E-state index contributed by atoms with van der Waals surface area (Å²) < 4.78 is 12.4. The first-order valence-electron chi connectivity index (χ1n) is 11.2. The number of carbonyl (C=O) groups excluding carboxylic acids is 2. The molecule has 170 valence electrons. The summed E-state index contributed by atoms with van der Waals surface area (Å²) in [4.78, 5) is 34.8. The highest BCUT2D eigenvalue weighted by atomic mass is 32.1. The van der Waals surface area contributed by atoms with Crippen LogP contribution in [0, 0.1) is 0 Å². The molecule has 2 atom stereocenters. The third-order valence-electron chi connectivity index (χ3n) is 6.68. The van der Waals surface area contributed by atoms with Crippen LogP contribution in [0.15, 0.2) is 42.5 Å². The molecule has 0 bridgehead atoms. The minimum absolute atomic E-state index is 0.101. The van der Waals surface area contributed by atoms with Gasteiger partial charge in [0.2, 0.25) is 0 Å². The van der Waals surface area contributed by atoms with Crippen molar-refractivity contribution < 1.29 is 19.1 Å². The van der Waals surface area contributed by atoms with Gasteiger partial charge in [0, 0.05) is 6.54 Å². The molecule has 0 spiro atoms. The maximum atomic E-state index is 13.5. The van der Waals surface area contributed by atoms with Gasteiger partial charge in [0.05, 0.1) is 22.9 Å². The van der Waals surface area contributed by atoms with E-state index in [-0.39, 0.29) is 24.6 Å². The van der Waals surface area contributed by atoms with Crippen molar-refractivity contribution in [2.45, 2.75) is 31.3 Å². The Morgan fingerprint density at radius 3 is 2.82 bits per heavy atom. The Kier molecular flexibility index (Phi) is 4.77. The second-order valence-electron chi connectivity index (χ2n) is 8.78. The molecule has 3 aromatic rings. The molecule has 1 aromatic heterocycles. The fourth-order valence-corrected chi connectivity index (χ4v) is 6.00. The smallest absolute Gasteiger partial charge is 0.326 e. The van der Waals surface area contributed by atoms with Crippen LogP contribution in [-0.4, -0.2) is 53.1 Å². The van der Waals surface area contributed by atoms with E-state index in [0.717, 1.165) is 34.6 Å². The van der Waals surface area contributed by atoms with Gasteiger partial charge in [-0.15, -0.1) is 11.3 Å². The van der Waals surface area contributed by atoms with Gasteiger partial charge in [0.15, 0.2) is 11.5 Å². The maximum Gasteiger partial charge on any atom is 0.326 e. The lowest BCUT2D eigenvalue weighted by molar-refractivity contribution is -0.132. The molecule has 3 aliphatic rings. The Labute approximate surface area is 195 Å². The summed E-state index contributed by atoms with van der Waals surface area (Å²) >= 11 is 1.68. The standard InChI is InChI=1S/C24H24N4O4S/c1-24(15-8-9-18-19(13-15)32-12-11-31-18)22(29)28(23(30)26-24)14-27-10-4-6-17(27)21-25-16-5-2-3-7-20(16)33-21/h2-3,5,7-9,13,17H,4,6,10-12,14H2,1H3,(H,26,30)/t17-,24+/m1/s1. The summed E-state index contributed by atoms with van der Waals surface area (Å²) in [5.74, 6) is 0.980. The number of likely N-dealkylation sites (tertiary alicyclic amines) is 1. The number of para-hydroxylation sites is 1. The van der Waals surface area contributed by atoms with Gasteiger partial charge in [-0.1, -0.05) is 18.2 Å². The number of hydrogen-bond acceptors (Lipinski definition) is 7. The van der Waals surface area contributed by atoms with Crippen LogP contribution >= 0.6 is 11.3 Å². The van der Waals surface area contributed by atoms with E-state index in [1.165, 1.54) is 4.90 Å². The molecule has 0 unspecified atom stereocenters. The summed E-state index contributed by atoms with van der Waals surface area (Å²) in [6.45, 7) is 3.76. The fourth-order valence-electron chi connectivity index (χ4n) is 4.86. The van der Waals surface area contributed by atoms with Gasteiger partial charge in [0.1, 0.15) is 23.8 Å². The first-order valence-corrected chi connectivity index (χ1v) is 12.0. The van der Waals surface area contributed by atoms with E-state index >= 15 is 0 Å². The molecule has 0 radical (unpaired) electrons. The Morgan fingerprint density at radius 1 is 1.15 bits per heavy atom. The van der Waals surface area contributed by atoms with Crippen molar-refractivity contribution in [1.82, 2.24) is 20.1 Å². The van der Waals surface area contributed by atoms with Crippen LogP contribution in [0.2, 0.25) is 0 Å². The highest BCUT2D eigenvalue weighted by Gasteiger charge is 2.50. The van der Waals surface area contributed by atoms with Crippen LogP contribution in [0.1, 0.15) is 36.4 Å². The van der Waals surface area contributed by atoms with Crippen LogP contribution in [0.5, 0.6) is 11.5 Å². The number of nitrogens with zero attached hydrogens (tertiary/aromatic N) is 3. The number of rotatable bonds is 4. The molecule has 2 saturated heterocycles. The van der Waals surface area contributed by atoms with Gasteiger partial charge in [0.25, 0.3) is 5.91 Å². The van der Waals surface area contributed by atoms with Crippen molar-refractivity contribution >= 4 is 33.5 Å². The number of ether oxygens (including phenoxy) is 2. The van der Waals surface area contributed by atoms with E-state index in [9.17, 15) is 9.59 Å². The Morgan fingerprint density at radius 2 is 1.97 bits per heavy atom. The topological polar surface area (TPSA) is 84.0 Å². The lowest BCUT2D eigenvalue weighted by atomic mass is 9.91. The molecule has 1 N–H and O–H groups in total. The second kappa shape index (κ2) is 7.71. The van der Waals surface area contributed by atoms with E-state index < -0.39 is 5.54 Å². The van der Waals surface area contributed by atoms with Gasteiger partial charge in [-0.2, -0.15) is 0 Å². The van der Waals surface area contributed by atoms with Crippen LogP contribution in [0.4, 0.5) is 4.79 Å². The molecule has 2 fully saturated rings. The summed E-state index contributed by atoms with van der Waals surface area (Å²) in [7, 11) is 0. The Bertz CT molecular complexity index is 1230. The number of carbonyl (C=O) groups is 2. The summed E-state index contributed by atoms with van der Waals surface area (Å²) in [6, 6.07) is 13.2. The van der Waals surface area contributed by atoms with Crippen molar-refractivity contribution in [3.8, 4) is 11.5 Å². The minimum Gasteiger partial charge on any atom is -0.486 e. The quantitative estimate of drug-likeness (QED) is 0.594. The molecule has 0 saturated carbocycles. The van der Waals surface area contributed by atoms with Crippen LogP contribution < -0.4 is 14.8 Å². The number of nitrogens with one attached hydrogen (secondary N) is 1. The minimum atomic E-state index is -1.15. The average Bonchev–Trinajstić information content (AvgIpc) is 3.52. The number of benzene rings is 2. The summed E-state index contributed by atoms with van der Waals surface area (Å²) in [5, 5.41) is 3.94. The van der Waals surface area contributed by atoms with Crippen molar-refractivity contribution in [2.24, 2.45) is 0 Å². The van der Waals surface area contributed by atoms with Crippen LogP contribution in [0.25, 0.3) is 10.2 Å². The van der Waals surface area contributed by atoms with E-state index in [1.807, 2.05) is 24.3 Å². The summed E-state index contributed by atoms with van der Waals surface area (Å²) in [6.07, 6.45) is 1.96. The molecule has 2 aromatic carbocycles. The van der Waals surface area contributed by atoms with E-state index in [4.69, 9.17) is 14.5 Å². The predicted octanol–water partition coefficient (Wildman–Crippen LogP) is 3.63. The van der Waals surface area contributed by atoms with Crippen LogP contribution in [-0.2, 0) is 10.3 Å². The number of fused-ring (bicyclic) bond motifs is 2. The predicted molar refractivity (Wildman–Crippen MR) is 123 cm³/mol. The second-order valence-corrected chi connectivity index (χ2v) is 9.84. The van der Waals surface area contributed by atoms with Gasteiger partial charge in [-0.3, -0.25) is 9.69 Å². The normalized spacial score (nSPS) is 25.1. The van der Waals surface area contributed by atoms with Gasteiger partial charge >= 0.3 is 6.03 Å². The third kappa shape index (κ3) is 3.34. The first-order chi connectivity index (χ1) is 16.0. The number of urea groups is 1. The van der Waals surface area contributed by atoms with Crippen molar-refractivity contribution in [3.63, 3.8) is 0 Å². The maximum absolute atomic E-state index is 13.5. The molecule has 6 rings (SSSR count). The zero-order chi connectivity index (χ0) is 22.6. The molecule has 4 heterocycles. The molecule has 8 nitrogen and oxygen atoms in total. The van der Waals surface area contributed by atoms with Gasteiger partial charge in [-0.25, -0.2) is 14.7 Å². The van der Waals surface area contributed by atoms with E-state index in [2.05, 4.69) is 16.3 Å². The van der Waals surface area contributed by atoms with Crippen molar-refractivity contribution in [3.05, 3.63) is 53.0 Å². The average molecular weight is 465 g/mol. The summed E-state index contributed by atoms with van der Waals surface area (Å²) in [5.41, 5.74) is 0.514. The first kappa shape index (κ1) is 20.4. The zero-order valence-corrected chi connectivity index (χ0v) is 19.1. The van der Waals surface area contributed by atoms with Gasteiger partial charge < -0.3 is 14.8 Å². The molecule has 33 heavy (non-hydrogen) atoms. The molecule has 9 heteroatoms. The highest BCUT2D eigenvalue weighted by molar-refractivity contribution is 7.18. The van der Waals surface area contributed by atoms with Crippen molar-refractivity contribution in [1.29, 1.82) is 0 Å². The molecule has 3 amide bonds. The van der Waals surface area contributed by atoms with E-state index in [1.54, 1.807) is 30.4 Å².